The van der Waals surface area contributed by atoms with E-state index in [9.17, 15) is 9.18 Å². The van der Waals surface area contributed by atoms with Crippen molar-refractivity contribution in [1.82, 2.24) is 5.32 Å². The van der Waals surface area contributed by atoms with Crippen molar-refractivity contribution in [3.05, 3.63) is 34.6 Å². The molecule has 3 nitrogen and oxygen atoms in total. The molecule has 0 bridgehead atoms. The Labute approximate surface area is 98.8 Å². The van der Waals surface area contributed by atoms with E-state index in [0.29, 0.717) is 5.02 Å². The smallest absolute Gasteiger partial charge is 0.239 e. The molecule has 16 heavy (non-hydrogen) atoms. The zero-order chi connectivity index (χ0) is 12.3. The Morgan fingerprint density at radius 3 is 2.62 bits per heavy atom. The van der Waals surface area contributed by atoms with Crippen molar-refractivity contribution in [2.24, 2.45) is 5.73 Å². The minimum atomic E-state index is -0.862. The third-order valence-electron chi connectivity index (χ3n) is 2.05. The molecule has 0 saturated heterocycles. The van der Waals surface area contributed by atoms with E-state index in [-0.39, 0.29) is 11.6 Å². The van der Waals surface area contributed by atoms with E-state index < -0.39 is 17.8 Å². The fourth-order valence-corrected chi connectivity index (χ4v) is 1.57. The predicted octanol–water partition coefficient (Wildman–Crippen LogP) is 2.00. The van der Waals surface area contributed by atoms with E-state index >= 15 is 0 Å². The molecule has 3 N–H and O–H groups in total. The lowest BCUT2D eigenvalue weighted by Crippen LogP contribution is -2.38. The molecule has 88 valence electrons. The van der Waals surface area contributed by atoms with Crippen molar-refractivity contribution in [2.45, 2.75) is 25.9 Å². The molecule has 1 amide bonds. The molecule has 0 heterocycles. The second kappa shape index (κ2) is 5.27. The van der Waals surface area contributed by atoms with Crippen LogP contribution in [0.3, 0.4) is 0 Å². The molecule has 1 atom stereocenters. The molecule has 0 aliphatic carbocycles. The first-order valence-electron chi connectivity index (χ1n) is 4.92. The molecule has 1 aromatic carbocycles. The van der Waals surface area contributed by atoms with Gasteiger partial charge >= 0.3 is 0 Å². The van der Waals surface area contributed by atoms with Crippen molar-refractivity contribution in [1.29, 1.82) is 0 Å². The number of carbonyl (C=O) groups is 1. The van der Waals surface area contributed by atoms with Gasteiger partial charge in [0.25, 0.3) is 0 Å². The summed E-state index contributed by atoms with van der Waals surface area (Å²) in [5, 5.41) is 3.26. The molecule has 0 spiro atoms. The topological polar surface area (TPSA) is 55.1 Å². The number of hydrogen-bond acceptors (Lipinski definition) is 2. The lowest BCUT2D eigenvalue weighted by atomic mass is 10.0. The third-order valence-corrected chi connectivity index (χ3v) is 2.29. The monoisotopic (exact) mass is 244 g/mol. The summed E-state index contributed by atoms with van der Waals surface area (Å²) in [6, 6.07) is 3.19. The summed E-state index contributed by atoms with van der Waals surface area (Å²) in [7, 11) is 0. The van der Waals surface area contributed by atoms with Crippen LogP contribution < -0.4 is 11.1 Å². The van der Waals surface area contributed by atoms with Crippen molar-refractivity contribution >= 4 is 17.5 Å². The van der Waals surface area contributed by atoms with E-state index in [1.54, 1.807) is 0 Å². The SMILES string of the molecule is CC(C)NC(C(N)=O)c1cc(Cl)ccc1F. The Balaban J connectivity index is 3.10. The number of benzene rings is 1. The van der Waals surface area contributed by atoms with Crippen molar-refractivity contribution in [2.75, 3.05) is 0 Å². The molecule has 1 aromatic rings. The van der Waals surface area contributed by atoms with Crippen LogP contribution in [0.4, 0.5) is 4.39 Å². The summed E-state index contributed by atoms with van der Waals surface area (Å²) in [6.45, 7) is 3.69. The molecular formula is C11H14ClFN2O. The number of hydrogen-bond donors (Lipinski definition) is 2. The Bertz CT molecular complexity index is 396. The van der Waals surface area contributed by atoms with Gasteiger partial charge in [-0.1, -0.05) is 11.6 Å². The van der Waals surface area contributed by atoms with Crippen LogP contribution in [0.2, 0.25) is 5.02 Å². The van der Waals surface area contributed by atoms with E-state index in [4.69, 9.17) is 17.3 Å². The van der Waals surface area contributed by atoms with Crippen LogP contribution in [-0.2, 0) is 4.79 Å². The Morgan fingerprint density at radius 2 is 2.12 bits per heavy atom. The van der Waals surface area contributed by atoms with Gasteiger partial charge in [-0.3, -0.25) is 10.1 Å². The number of carbonyl (C=O) groups excluding carboxylic acids is 1. The van der Waals surface area contributed by atoms with E-state index in [1.807, 2.05) is 13.8 Å². The van der Waals surface area contributed by atoms with Crippen LogP contribution in [0.25, 0.3) is 0 Å². The number of primary amides is 1. The molecule has 5 heteroatoms. The van der Waals surface area contributed by atoms with Crippen LogP contribution >= 0.6 is 11.6 Å². The van der Waals surface area contributed by atoms with Crippen LogP contribution in [-0.4, -0.2) is 11.9 Å². The lowest BCUT2D eigenvalue weighted by Gasteiger charge is -2.19. The first-order valence-corrected chi connectivity index (χ1v) is 5.30. The van der Waals surface area contributed by atoms with Gasteiger partial charge in [0, 0.05) is 16.6 Å². The zero-order valence-electron chi connectivity index (χ0n) is 9.13. The summed E-state index contributed by atoms with van der Waals surface area (Å²) in [4.78, 5) is 11.2. The molecule has 0 aliphatic heterocycles. The average molecular weight is 245 g/mol. The summed E-state index contributed by atoms with van der Waals surface area (Å²) in [5.74, 6) is -1.13. The maximum absolute atomic E-state index is 13.5. The number of rotatable bonds is 4. The van der Waals surface area contributed by atoms with Crippen molar-refractivity contribution in [3.8, 4) is 0 Å². The van der Waals surface area contributed by atoms with Gasteiger partial charge in [-0.05, 0) is 32.0 Å². The normalized spacial score (nSPS) is 12.8. The Kier molecular flexibility index (Phi) is 4.26. The minimum Gasteiger partial charge on any atom is -0.368 e. The van der Waals surface area contributed by atoms with Crippen LogP contribution in [0.15, 0.2) is 18.2 Å². The lowest BCUT2D eigenvalue weighted by molar-refractivity contribution is -0.120. The predicted molar refractivity (Wildman–Crippen MR) is 61.6 cm³/mol. The molecule has 0 fully saturated rings. The highest BCUT2D eigenvalue weighted by Crippen LogP contribution is 2.21. The molecule has 0 aliphatic rings. The maximum Gasteiger partial charge on any atom is 0.239 e. The summed E-state index contributed by atoms with van der Waals surface area (Å²) >= 11 is 5.76. The van der Waals surface area contributed by atoms with Gasteiger partial charge in [-0.25, -0.2) is 4.39 Å². The second-order valence-electron chi connectivity index (χ2n) is 3.82. The van der Waals surface area contributed by atoms with Gasteiger partial charge in [0.2, 0.25) is 5.91 Å². The van der Waals surface area contributed by atoms with E-state index in [2.05, 4.69) is 5.32 Å². The van der Waals surface area contributed by atoms with Crippen molar-refractivity contribution < 1.29 is 9.18 Å². The van der Waals surface area contributed by atoms with Gasteiger partial charge in [0.1, 0.15) is 11.9 Å². The fraction of sp³-hybridized carbons (Fsp3) is 0.364. The van der Waals surface area contributed by atoms with E-state index in [1.165, 1.54) is 18.2 Å². The first-order chi connectivity index (χ1) is 7.41. The molecule has 0 aromatic heterocycles. The zero-order valence-corrected chi connectivity index (χ0v) is 9.88. The number of amides is 1. The molecular weight excluding hydrogens is 231 g/mol. The quantitative estimate of drug-likeness (QED) is 0.851. The van der Waals surface area contributed by atoms with Gasteiger partial charge in [-0.2, -0.15) is 0 Å². The standard InChI is InChI=1S/C11H14ClFN2O/c1-6(2)15-10(11(14)16)8-5-7(12)3-4-9(8)13/h3-6,10,15H,1-2H3,(H2,14,16). The second-order valence-corrected chi connectivity index (χ2v) is 4.26. The molecule has 1 rings (SSSR count). The first kappa shape index (κ1) is 12.9. The fourth-order valence-electron chi connectivity index (χ4n) is 1.39. The average Bonchev–Trinajstić information content (AvgIpc) is 2.18. The molecule has 0 saturated carbocycles. The van der Waals surface area contributed by atoms with Gasteiger partial charge in [0.15, 0.2) is 0 Å². The van der Waals surface area contributed by atoms with Gasteiger partial charge in [0.05, 0.1) is 0 Å². The Morgan fingerprint density at radius 1 is 1.50 bits per heavy atom. The van der Waals surface area contributed by atoms with E-state index in [0.717, 1.165) is 0 Å². The number of halogens is 2. The maximum atomic E-state index is 13.5. The van der Waals surface area contributed by atoms with Gasteiger partial charge in [-0.15, -0.1) is 0 Å². The summed E-state index contributed by atoms with van der Waals surface area (Å²) < 4.78 is 13.5. The highest BCUT2D eigenvalue weighted by atomic mass is 35.5. The third kappa shape index (κ3) is 3.18. The largest absolute Gasteiger partial charge is 0.368 e. The summed E-state index contributed by atoms with van der Waals surface area (Å²) in [6.07, 6.45) is 0. The highest BCUT2D eigenvalue weighted by Gasteiger charge is 2.22. The highest BCUT2D eigenvalue weighted by molar-refractivity contribution is 6.30. The summed E-state index contributed by atoms with van der Waals surface area (Å²) in [5.41, 5.74) is 5.40. The number of nitrogens with two attached hydrogens (primary N) is 1. The van der Waals surface area contributed by atoms with Crippen molar-refractivity contribution in [3.63, 3.8) is 0 Å². The Hall–Kier alpha value is -1.13. The molecule has 1 unspecified atom stereocenters. The number of nitrogens with one attached hydrogen (secondary N) is 1. The van der Waals surface area contributed by atoms with Crippen LogP contribution in [0, 0.1) is 5.82 Å². The molecule has 0 radical (unpaired) electrons. The van der Waals surface area contributed by atoms with Crippen LogP contribution in [0.1, 0.15) is 25.5 Å². The van der Waals surface area contributed by atoms with Gasteiger partial charge < -0.3 is 5.73 Å². The minimum absolute atomic E-state index is 0.0101. The van der Waals surface area contributed by atoms with Crippen LogP contribution in [0.5, 0.6) is 0 Å².